The van der Waals surface area contributed by atoms with Crippen molar-refractivity contribution in [2.45, 2.75) is 31.8 Å². The van der Waals surface area contributed by atoms with Gasteiger partial charge in [-0.3, -0.25) is 0 Å². The van der Waals surface area contributed by atoms with Gasteiger partial charge in [0.25, 0.3) is 0 Å². The minimum absolute atomic E-state index is 0.238. The molecule has 0 saturated heterocycles. The molecule has 0 amide bonds. The fraction of sp³-hybridized carbons (Fsp3) is 0.538. The Hall–Kier alpha value is -0.650. The third-order valence-electron chi connectivity index (χ3n) is 3.01. The Morgan fingerprint density at radius 1 is 1.10 bits per heavy atom. The lowest BCUT2D eigenvalue weighted by Gasteiger charge is -2.29. The van der Waals surface area contributed by atoms with Crippen LogP contribution in [0.2, 0.25) is 0 Å². The van der Waals surface area contributed by atoms with E-state index >= 15 is 0 Å². The van der Waals surface area contributed by atoms with Crippen LogP contribution in [0.1, 0.15) is 18.9 Å². The van der Waals surface area contributed by atoms with Gasteiger partial charge < -0.3 is 10.1 Å². The summed E-state index contributed by atoms with van der Waals surface area (Å²) in [4.78, 5) is 0. The molecular formula is C13H16Cl2F3NO. The van der Waals surface area contributed by atoms with E-state index < -0.39 is 6.36 Å². The Balaban J connectivity index is 2.62. The van der Waals surface area contributed by atoms with Gasteiger partial charge in [-0.1, -0.05) is 19.1 Å². The monoisotopic (exact) mass is 329 g/mol. The molecule has 0 spiro atoms. The van der Waals surface area contributed by atoms with Crippen LogP contribution in [0, 0.1) is 0 Å². The first-order valence-corrected chi connectivity index (χ1v) is 7.13. The van der Waals surface area contributed by atoms with Gasteiger partial charge in [-0.2, -0.15) is 0 Å². The summed E-state index contributed by atoms with van der Waals surface area (Å²) in [6, 6.07) is 5.69. The van der Waals surface area contributed by atoms with E-state index in [0.29, 0.717) is 18.3 Å². The zero-order valence-electron chi connectivity index (χ0n) is 10.9. The van der Waals surface area contributed by atoms with Crippen molar-refractivity contribution in [2.75, 3.05) is 11.8 Å². The molecule has 1 rings (SSSR count). The second-order valence-corrected chi connectivity index (χ2v) is 4.98. The summed E-state index contributed by atoms with van der Waals surface area (Å²) in [6.45, 7) is 2.44. The summed E-state index contributed by atoms with van der Waals surface area (Å²) in [5.74, 6) is 0.488. The Kier molecular flexibility index (Phi) is 6.43. The van der Waals surface area contributed by atoms with Crippen LogP contribution in [0.15, 0.2) is 24.3 Å². The van der Waals surface area contributed by atoms with Crippen LogP contribution in [0.5, 0.6) is 5.75 Å². The molecule has 0 heterocycles. The van der Waals surface area contributed by atoms with E-state index in [4.69, 9.17) is 23.2 Å². The molecule has 20 heavy (non-hydrogen) atoms. The topological polar surface area (TPSA) is 21.3 Å². The third kappa shape index (κ3) is 5.38. The molecule has 114 valence electrons. The number of hydrogen-bond acceptors (Lipinski definition) is 2. The lowest BCUT2D eigenvalue weighted by Crippen LogP contribution is -2.47. The van der Waals surface area contributed by atoms with Gasteiger partial charge in [-0.05, 0) is 24.1 Å². The molecule has 1 N–H and O–H groups in total. The van der Waals surface area contributed by atoms with Gasteiger partial charge in [0.05, 0.1) is 0 Å². The average Bonchev–Trinajstić information content (AvgIpc) is 2.41. The summed E-state index contributed by atoms with van der Waals surface area (Å²) in [5, 5.41) is 3.24. The number of ether oxygens (including phenoxy) is 1. The first kappa shape index (κ1) is 17.4. The lowest BCUT2D eigenvalue weighted by molar-refractivity contribution is -0.274. The summed E-state index contributed by atoms with van der Waals surface area (Å²) in [6.07, 6.45) is -3.91. The normalized spacial score (nSPS) is 12.5. The molecule has 0 fully saturated rings. The fourth-order valence-corrected chi connectivity index (χ4v) is 2.40. The Morgan fingerprint density at radius 2 is 1.65 bits per heavy atom. The van der Waals surface area contributed by atoms with Crippen LogP contribution < -0.4 is 10.1 Å². The maximum atomic E-state index is 12.0. The SMILES string of the molecule is CCC(CCl)(CCl)NCc1ccc(OC(F)(F)F)cc1. The summed E-state index contributed by atoms with van der Waals surface area (Å²) < 4.78 is 39.9. The molecular weight excluding hydrogens is 314 g/mol. The maximum absolute atomic E-state index is 12.0. The van der Waals surface area contributed by atoms with Crippen molar-refractivity contribution in [3.05, 3.63) is 29.8 Å². The van der Waals surface area contributed by atoms with Gasteiger partial charge in [-0.15, -0.1) is 36.4 Å². The van der Waals surface area contributed by atoms with Crippen molar-refractivity contribution < 1.29 is 17.9 Å². The highest BCUT2D eigenvalue weighted by Crippen LogP contribution is 2.23. The van der Waals surface area contributed by atoms with Crippen LogP contribution in [0.3, 0.4) is 0 Å². The Labute approximate surface area is 126 Å². The zero-order chi connectivity index (χ0) is 15.2. The van der Waals surface area contributed by atoms with Crippen molar-refractivity contribution in [1.82, 2.24) is 5.32 Å². The Bertz CT molecular complexity index is 397. The van der Waals surface area contributed by atoms with Crippen LogP contribution in [0.25, 0.3) is 0 Å². The van der Waals surface area contributed by atoms with Crippen LogP contribution in [-0.2, 0) is 6.54 Å². The fourth-order valence-electron chi connectivity index (χ4n) is 1.54. The van der Waals surface area contributed by atoms with Crippen LogP contribution in [0.4, 0.5) is 13.2 Å². The lowest BCUT2D eigenvalue weighted by atomic mass is 10.0. The highest BCUT2D eigenvalue weighted by Gasteiger charge is 2.31. The quantitative estimate of drug-likeness (QED) is 0.753. The van der Waals surface area contributed by atoms with Crippen LogP contribution >= 0.6 is 23.2 Å². The molecule has 0 unspecified atom stereocenters. The van der Waals surface area contributed by atoms with Gasteiger partial charge in [0.2, 0.25) is 0 Å². The van der Waals surface area contributed by atoms with E-state index in [1.165, 1.54) is 12.1 Å². The second kappa shape index (κ2) is 7.38. The number of rotatable bonds is 7. The molecule has 0 aromatic heterocycles. The zero-order valence-corrected chi connectivity index (χ0v) is 12.4. The van der Waals surface area contributed by atoms with Gasteiger partial charge in [0, 0.05) is 23.8 Å². The molecule has 1 aromatic carbocycles. The maximum Gasteiger partial charge on any atom is 0.573 e. The summed E-state index contributed by atoms with van der Waals surface area (Å²) in [7, 11) is 0. The van der Waals surface area contributed by atoms with Crippen molar-refractivity contribution >= 4 is 23.2 Å². The van der Waals surface area contributed by atoms with Gasteiger partial charge in [-0.25, -0.2) is 0 Å². The molecule has 1 aromatic rings. The molecule has 0 radical (unpaired) electrons. The second-order valence-electron chi connectivity index (χ2n) is 4.45. The molecule has 0 aliphatic rings. The van der Waals surface area contributed by atoms with E-state index in [9.17, 15) is 13.2 Å². The minimum Gasteiger partial charge on any atom is -0.406 e. The molecule has 7 heteroatoms. The largest absolute Gasteiger partial charge is 0.573 e. The number of hydrogen-bond donors (Lipinski definition) is 1. The van der Waals surface area contributed by atoms with Gasteiger partial charge in [0.15, 0.2) is 0 Å². The van der Waals surface area contributed by atoms with Crippen molar-refractivity contribution in [2.24, 2.45) is 0 Å². The van der Waals surface area contributed by atoms with Crippen molar-refractivity contribution in [3.8, 4) is 5.75 Å². The van der Waals surface area contributed by atoms with Crippen LogP contribution in [-0.4, -0.2) is 23.7 Å². The van der Waals surface area contributed by atoms with Gasteiger partial charge in [0.1, 0.15) is 5.75 Å². The van der Waals surface area contributed by atoms with E-state index in [1.54, 1.807) is 12.1 Å². The standard InChI is InChI=1S/C13H16Cl2F3NO/c1-2-12(8-14,9-15)19-7-10-3-5-11(6-4-10)20-13(16,17)18/h3-6,19H,2,7-9H2,1H3. The highest BCUT2D eigenvalue weighted by molar-refractivity contribution is 6.22. The summed E-state index contributed by atoms with van der Waals surface area (Å²) >= 11 is 11.8. The molecule has 0 aliphatic carbocycles. The van der Waals surface area contributed by atoms with E-state index in [1.807, 2.05) is 6.92 Å². The Morgan fingerprint density at radius 3 is 2.05 bits per heavy atom. The van der Waals surface area contributed by atoms with Gasteiger partial charge >= 0.3 is 6.36 Å². The first-order chi connectivity index (χ1) is 9.34. The first-order valence-electron chi connectivity index (χ1n) is 6.06. The van der Waals surface area contributed by atoms with Crippen molar-refractivity contribution in [1.29, 1.82) is 0 Å². The molecule has 0 bridgehead atoms. The summed E-state index contributed by atoms with van der Waals surface area (Å²) in [5.41, 5.74) is 0.456. The van der Waals surface area contributed by atoms with E-state index in [2.05, 4.69) is 10.1 Å². The van der Waals surface area contributed by atoms with E-state index in [-0.39, 0.29) is 11.3 Å². The number of nitrogens with one attached hydrogen (secondary N) is 1. The highest BCUT2D eigenvalue weighted by atomic mass is 35.5. The molecule has 0 atom stereocenters. The predicted molar refractivity (Wildman–Crippen MR) is 74.4 cm³/mol. The molecule has 0 aliphatic heterocycles. The predicted octanol–water partition coefficient (Wildman–Crippen LogP) is 4.30. The van der Waals surface area contributed by atoms with Crippen molar-refractivity contribution in [3.63, 3.8) is 0 Å². The molecule has 2 nitrogen and oxygen atoms in total. The minimum atomic E-state index is -4.67. The third-order valence-corrected chi connectivity index (χ3v) is 4.04. The number of benzene rings is 1. The van der Waals surface area contributed by atoms with E-state index in [0.717, 1.165) is 12.0 Å². The molecule has 0 saturated carbocycles. The average molecular weight is 330 g/mol. The smallest absolute Gasteiger partial charge is 0.406 e. The number of halogens is 5. The number of alkyl halides is 5.